The molecule has 2 amide bonds. The summed E-state index contributed by atoms with van der Waals surface area (Å²) in [6.07, 6.45) is 1.37. The largest absolute Gasteiger partial charge is 0.481 e. The number of hydrogen-bond acceptors (Lipinski definition) is 8. The number of Topliss-reactive ketones (excluding diaryl/α,β-unsaturated/α-hetero) is 2. The van der Waals surface area contributed by atoms with Crippen LogP contribution in [0.1, 0.15) is 60.0 Å². The van der Waals surface area contributed by atoms with E-state index < -0.39 is 5.97 Å². The SMILES string of the molecule is CC(=O)O.CC1CC(=O)CC(=O)N1.CC1Cc2[nH]c(-c3cccc4ccc(Cl)nc34)cc2C(=O)N1.N.O=C(CBr)c1cccc2ccc(Cl)nc12. The lowest BCUT2D eigenvalue weighted by molar-refractivity contribution is -0.135. The van der Waals surface area contributed by atoms with Crippen molar-refractivity contribution in [2.45, 2.75) is 52.1 Å². The molecule has 0 radical (unpaired) electrons. The van der Waals surface area contributed by atoms with Gasteiger partial charge in [-0.3, -0.25) is 24.0 Å². The molecule has 3 aromatic heterocycles. The predicted molar refractivity (Wildman–Crippen MR) is 202 cm³/mol. The number of pyridine rings is 2. The fourth-order valence-corrected chi connectivity index (χ4v) is 5.99. The Labute approximate surface area is 312 Å². The zero-order valence-corrected chi connectivity index (χ0v) is 31.2. The highest BCUT2D eigenvalue weighted by atomic mass is 79.9. The highest BCUT2D eigenvalue weighted by molar-refractivity contribution is 9.09. The van der Waals surface area contributed by atoms with Crippen molar-refractivity contribution in [3.63, 3.8) is 0 Å². The van der Waals surface area contributed by atoms with Crippen LogP contribution < -0.4 is 16.8 Å². The average Bonchev–Trinajstić information content (AvgIpc) is 3.48. The summed E-state index contributed by atoms with van der Waals surface area (Å²) in [6, 6.07) is 20.9. The first-order valence-electron chi connectivity index (χ1n) is 15.5. The summed E-state index contributed by atoms with van der Waals surface area (Å²) in [4.78, 5) is 65.9. The first-order chi connectivity index (χ1) is 23.7. The van der Waals surface area contributed by atoms with Crippen LogP contribution in [0.25, 0.3) is 33.1 Å². The van der Waals surface area contributed by atoms with Crippen molar-refractivity contribution in [1.82, 2.24) is 31.7 Å². The Balaban J connectivity index is 0.000000210. The number of aromatic amines is 1. The number of hydrogen-bond donors (Lipinski definition) is 5. The van der Waals surface area contributed by atoms with Crippen LogP contribution in [0.3, 0.4) is 0 Å². The zero-order valence-electron chi connectivity index (χ0n) is 28.1. The van der Waals surface area contributed by atoms with Gasteiger partial charge in [-0.1, -0.05) is 69.5 Å². The monoisotopic (exact) mass is 798 g/mol. The van der Waals surface area contributed by atoms with Gasteiger partial charge in [0, 0.05) is 65.1 Å². The summed E-state index contributed by atoms with van der Waals surface area (Å²) < 4.78 is 0. The number of nitrogens with one attached hydrogen (secondary N) is 3. The molecule has 0 saturated carbocycles. The van der Waals surface area contributed by atoms with Crippen molar-refractivity contribution in [3.05, 3.63) is 93.9 Å². The van der Waals surface area contributed by atoms with Crippen LogP contribution in [0, 0.1) is 0 Å². The Kier molecular flexibility index (Phi) is 14.8. The Morgan fingerprint density at radius 2 is 1.41 bits per heavy atom. The maximum absolute atomic E-state index is 12.1. The lowest BCUT2D eigenvalue weighted by Crippen LogP contribution is -2.40. The van der Waals surface area contributed by atoms with Crippen molar-refractivity contribution >= 4 is 90.3 Å². The summed E-state index contributed by atoms with van der Waals surface area (Å²) in [7, 11) is 0. The van der Waals surface area contributed by atoms with E-state index in [1.165, 1.54) is 0 Å². The van der Waals surface area contributed by atoms with Crippen LogP contribution in [-0.2, 0) is 20.8 Å². The summed E-state index contributed by atoms with van der Waals surface area (Å²) in [5, 5.41) is 16.1. The quantitative estimate of drug-likeness (QED) is 0.0544. The maximum Gasteiger partial charge on any atom is 0.300 e. The molecule has 7 N–H and O–H groups in total. The lowest BCUT2D eigenvalue weighted by atomic mass is 10.0. The molecule has 1 saturated heterocycles. The summed E-state index contributed by atoms with van der Waals surface area (Å²) in [5.41, 5.74) is 5.64. The fourth-order valence-electron chi connectivity index (χ4n) is 5.40. The number of piperidine rings is 1. The van der Waals surface area contributed by atoms with E-state index in [4.69, 9.17) is 33.1 Å². The molecule has 5 aromatic rings. The Morgan fingerprint density at radius 3 is 2.00 bits per heavy atom. The minimum Gasteiger partial charge on any atom is -0.481 e. The van der Waals surface area contributed by atoms with Crippen LogP contribution in [0.15, 0.2) is 66.7 Å². The molecule has 2 atom stereocenters. The molecular weight excluding hydrogens is 763 g/mol. The third kappa shape index (κ3) is 11.1. The number of aromatic nitrogens is 3. The highest BCUT2D eigenvalue weighted by Gasteiger charge is 2.25. The number of benzene rings is 2. The van der Waals surface area contributed by atoms with Gasteiger partial charge in [-0.25, -0.2) is 9.97 Å². The third-order valence-corrected chi connectivity index (χ3v) is 8.35. The van der Waals surface area contributed by atoms with Gasteiger partial charge in [0.25, 0.3) is 11.9 Å². The van der Waals surface area contributed by atoms with Crippen LogP contribution in [-0.4, -0.2) is 66.8 Å². The van der Waals surface area contributed by atoms with Gasteiger partial charge < -0.3 is 26.9 Å². The van der Waals surface area contributed by atoms with Crippen LogP contribution in [0.4, 0.5) is 0 Å². The highest BCUT2D eigenvalue weighted by Crippen LogP contribution is 2.30. The van der Waals surface area contributed by atoms with Crippen LogP contribution in [0.5, 0.6) is 0 Å². The molecule has 2 unspecified atom stereocenters. The molecule has 0 aliphatic carbocycles. The summed E-state index contributed by atoms with van der Waals surface area (Å²) in [5.74, 6) is -0.942. The van der Waals surface area contributed by atoms with E-state index in [1.807, 2.05) is 62.4 Å². The molecule has 0 bridgehead atoms. The molecule has 2 aromatic carbocycles. The minimum absolute atomic E-state index is 0. The van der Waals surface area contributed by atoms with Gasteiger partial charge in [-0.2, -0.15) is 0 Å². The van der Waals surface area contributed by atoms with Gasteiger partial charge in [0.2, 0.25) is 5.91 Å². The third-order valence-electron chi connectivity index (χ3n) is 7.42. The molecule has 2 aliphatic heterocycles. The average molecular weight is 801 g/mol. The molecule has 15 heteroatoms. The topological polar surface area (TPSA) is 206 Å². The van der Waals surface area contributed by atoms with Crippen molar-refractivity contribution in [1.29, 1.82) is 0 Å². The molecule has 51 heavy (non-hydrogen) atoms. The molecule has 12 nitrogen and oxygen atoms in total. The first kappa shape index (κ1) is 40.7. The van der Waals surface area contributed by atoms with Crippen molar-refractivity contribution < 1.29 is 29.1 Å². The number of rotatable bonds is 3. The second-order valence-corrected chi connectivity index (χ2v) is 13.0. The van der Waals surface area contributed by atoms with Crippen molar-refractivity contribution in [2.24, 2.45) is 0 Å². The number of ketones is 2. The molecule has 5 heterocycles. The van der Waals surface area contributed by atoms with E-state index in [0.717, 1.165) is 46.6 Å². The van der Waals surface area contributed by atoms with Crippen LogP contribution in [0.2, 0.25) is 10.3 Å². The van der Waals surface area contributed by atoms with Gasteiger partial charge in [-0.15, -0.1) is 0 Å². The van der Waals surface area contributed by atoms with Crippen molar-refractivity contribution in [2.75, 3.05) is 5.33 Å². The number of alkyl halides is 1. The molecule has 0 spiro atoms. The number of amides is 2. The van der Waals surface area contributed by atoms with Gasteiger partial charge in [0.05, 0.1) is 28.3 Å². The summed E-state index contributed by atoms with van der Waals surface area (Å²) >= 11 is 15.0. The van der Waals surface area contributed by atoms with E-state index in [0.29, 0.717) is 38.7 Å². The number of H-pyrrole nitrogens is 1. The van der Waals surface area contributed by atoms with Gasteiger partial charge in [-0.05, 0) is 50.2 Å². The van der Waals surface area contributed by atoms with Gasteiger partial charge >= 0.3 is 0 Å². The normalized spacial score (nSPS) is 16.0. The van der Waals surface area contributed by atoms with Gasteiger partial charge in [0.1, 0.15) is 16.1 Å². The Hall–Kier alpha value is -4.69. The molecule has 1 fully saturated rings. The summed E-state index contributed by atoms with van der Waals surface area (Å²) in [6.45, 7) is 4.91. The van der Waals surface area contributed by atoms with E-state index in [1.54, 1.807) is 18.2 Å². The molecule has 7 rings (SSSR count). The van der Waals surface area contributed by atoms with Crippen molar-refractivity contribution in [3.8, 4) is 11.3 Å². The zero-order chi connectivity index (χ0) is 36.5. The van der Waals surface area contributed by atoms with E-state index in [2.05, 4.69) is 41.5 Å². The number of carbonyl (C=O) groups excluding carboxylic acids is 4. The first-order valence-corrected chi connectivity index (χ1v) is 17.4. The number of carboxylic acids is 1. The van der Waals surface area contributed by atoms with Crippen LogP contribution >= 0.6 is 39.1 Å². The molecule has 2 aliphatic rings. The maximum atomic E-state index is 12.1. The number of fused-ring (bicyclic) bond motifs is 3. The lowest BCUT2D eigenvalue weighted by Gasteiger charge is -2.19. The Morgan fingerprint density at radius 1 is 0.843 bits per heavy atom. The number of aliphatic carboxylic acids is 1. The number of para-hydroxylation sites is 2. The van der Waals surface area contributed by atoms with E-state index in [-0.39, 0.29) is 48.0 Å². The van der Waals surface area contributed by atoms with Gasteiger partial charge in [0.15, 0.2) is 5.78 Å². The second kappa shape index (κ2) is 18.5. The van der Waals surface area contributed by atoms with E-state index in [9.17, 15) is 19.2 Å². The second-order valence-electron chi connectivity index (χ2n) is 11.6. The molecule has 268 valence electrons. The Bertz CT molecular complexity index is 2070. The minimum atomic E-state index is -0.833. The molecular formula is C36H37BrCl2N6O6. The predicted octanol–water partition coefficient (Wildman–Crippen LogP) is 7.13. The number of halogens is 3. The smallest absolute Gasteiger partial charge is 0.300 e. The number of nitrogens with zero attached hydrogens (tertiary/aromatic N) is 2. The number of carbonyl (C=O) groups is 5. The fraction of sp³-hybridized carbons (Fsp3) is 0.250. The van der Waals surface area contributed by atoms with E-state index >= 15 is 0 Å². The standard InChI is InChI=1S/C17H14ClN3O.C11H7BrClNO.C6H9NO2.C2H4O2.H3N/c1-9-7-13-12(17(22)19-9)8-14(20-13)11-4-2-3-10-5-6-15(18)21-16(10)11;12-6-9(15)8-3-1-2-7-4-5-10(13)14-11(7)8;1-4-2-5(8)3-6(9)7-4;1-2(3)4;/h2-6,8-9,20H,7H2,1H3,(H,19,22);1-5H,6H2;4H,2-3H2,1H3,(H,7,9);1H3,(H,3,4);1H3. The number of carboxylic acid groups (broad SMARTS) is 1.